The molecule has 0 aromatic carbocycles. The molecule has 0 heterocycles. The summed E-state index contributed by atoms with van der Waals surface area (Å²) < 4.78 is 17.1. The van der Waals surface area contributed by atoms with Gasteiger partial charge < -0.3 is 23.8 Å². The van der Waals surface area contributed by atoms with E-state index in [-0.39, 0.29) is 36.2 Å². The van der Waals surface area contributed by atoms with Gasteiger partial charge >= 0.3 is 17.9 Å². The number of carbonyl (C=O) groups excluding carboxylic acids is 2. The van der Waals surface area contributed by atoms with E-state index in [0.29, 0.717) is 19.3 Å². The third-order valence-electron chi connectivity index (χ3n) is 7.75. The Hall–Kier alpha value is -3.49. The summed E-state index contributed by atoms with van der Waals surface area (Å²) in [6.45, 7) is 4.45. The van der Waals surface area contributed by atoms with Crippen LogP contribution in [0.4, 0.5) is 0 Å². The van der Waals surface area contributed by atoms with Crippen LogP contribution in [-0.2, 0) is 28.6 Å². The Labute approximate surface area is 303 Å². The first-order chi connectivity index (χ1) is 24.1. The molecule has 0 aromatic rings. The molecule has 0 saturated heterocycles. The minimum absolute atomic E-state index is 0.0411. The van der Waals surface area contributed by atoms with Gasteiger partial charge in [-0.1, -0.05) is 144 Å². The van der Waals surface area contributed by atoms with Crippen LogP contribution in [0, 0.1) is 0 Å². The second-order valence-corrected chi connectivity index (χ2v) is 13.3. The van der Waals surface area contributed by atoms with E-state index >= 15 is 0 Å². The predicted octanol–water partition coefficient (Wildman–Crippen LogP) is 9.40. The summed E-state index contributed by atoms with van der Waals surface area (Å²) in [5, 5.41) is 9.56. The molecule has 1 N–H and O–H groups in total. The van der Waals surface area contributed by atoms with Gasteiger partial charge in [0, 0.05) is 19.3 Å². The maximum Gasteiger partial charge on any atom is 0.362 e. The summed E-state index contributed by atoms with van der Waals surface area (Å²) in [6, 6.07) is -0.623. The fourth-order valence-electron chi connectivity index (χ4n) is 4.84. The first-order valence-corrected chi connectivity index (χ1v) is 18.7. The highest BCUT2D eigenvalue weighted by molar-refractivity contribution is 5.72. The molecular formula is C42H68NO7+. The summed E-state index contributed by atoms with van der Waals surface area (Å²) in [4.78, 5) is 36.6. The lowest BCUT2D eigenvalue weighted by molar-refractivity contribution is -0.887. The largest absolute Gasteiger partial charge is 0.477 e. The molecule has 0 bridgehead atoms. The van der Waals surface area contributed by atoms with Crippen molar-refractivity contribution in [1.29, 1.82) is 0 Å². The number of likely N-dealkylation sites (N-methyl/N-ethyl adjacent to an activating group) is 1. The number of esters is 2. The highest BCUT2D eigenvalue weighted by Crippen LogP contribution is 2.12. The highest BCUT2D eigenvalue weighted by Gasteiger charge is 2.31. The molecule has 2 unspecified atom stereocenters. The minimum atomic E-state index is -0.888. The zero-order valence-corrected chi connectivity index (χ0v) is 31.8. The van der Waals surface area contributed by atoms with Crippen molar-refractivity contribution < 1.29 is 38.2 Å². The smallest absolute Gasteiger partial charge is 0.362 e. The van der Waals surface area contributed by atoms with E-state index in [4.69, 9.17) is 14.2 Å². The minimum Gasteiger partial charge on any atom is -0.477 e. The molecule has 0 aliphatic rings. The number of hydrogen-bond donors (Lipinski definition) is 1. The van der Waals surface area contributed by atoms with E-state index in [9.17, 15) is 19.5 Å². The molecule has 0 saturated carbocycles. The Morgan fingerprint density at radius 3 is 1.66 bits per heavy atom. The number of ether oxygens (including phenoxy) is 3. The molecule has 50 heavy (non-hydrogen) atoms. The SMILES string of the molecule is CC/C=C/C=C/C=C/C=C/C=C/C=C/C=C/CCCCCC(=O)OCC(COCCC(C(=O)O)[N+](C)(C)C)OC(=O)CCCCCCCCC. The van der Waals surface area contributed by atoms with Gasteiger partial charge in [-0.3, -0.25) is 9.59 Å². The van der Waals surface area contributed by atoms with Crippen molar-refractivity contribution in [1.82, 2.24) is 0 Å². The summed E-state index contributed by atoms with van der Waals surface area (Å²) in [6.07, 6.45) is 40.7. The average molecular weight is 699 g/mol. The third-order valence-corrected chi connectivity index (χ3v) is 7.75. The first-order valence-electron chi connectivity index (χ1n) is 18.7. The molecule has 0 aliphatic carbocycles. The number of aliphatic carboxylic acids is 1. The van der Waals surface area contributed by atoms with Crippen molar-refractivity contribution in [2.75, 3.05) is 41.0 Å². The van der Waals surface area contributed by atoms with Gasteiger partial charge in [-0.2, -0.15) is 0 Å². The Morgan fingerprint density at radius 2 is 1.12 bits per heavy atom. The van der Waals surface area contributed by atoms with Crippen LogP contribution in [0.15, 0.2) is 85.1 Å². The quantitative estimate of drug-likeness (QED) is 0.0333. The van der Waals surface area contributed by atoms with Gasteiger partial charge in [0.15, 0.2) is 12.1 Å². The zero-order valence-electron chi connectivity index (χ0n) is 31.8. The molecule has 8 nitrogen and oxygen atoms in total. The van der Waals surface area contributed by atoms with Crippen LogP contribution in [-0.4, -0.2) is 80.6 Å². The Kier molecular flexibility index (Phi) is 30.4. The molecule has 0 fully saturated rings. The van der Waals surface area contributed by atoms with Gasteiger partial charge in [-0.05, 0) is 32.1 Å². The second-order valence-electron chi connectivity index (χ2n) is 13.3. The van der Waals surface area contributed by atoms with Crippen LogP contribution in [0.3, 0.4) is 0 Å². The fraction of sp³-hybridized carbons (Fsp3) is 0.595. The van der Waals surface area contributed by atoms with Crippen LogP contribution in [0.25, 0.3) is 0 Å². The van der Waals surface area contributed by atoms with E-state index in [1.165, 1.54) is 25.7 Å². The second kappa shape index (κ2) is 32.7. The molecule has 8 heteroatoms. The standard InChI is InChI=1S/C42H67NO7/c1-6-8-10-12-14-15-16-17-18-19-20-21-22-23-24-25-27-28-30-32-40(44)49-37-38(36-48-35-34-39(42(46)47)43(3,4)5)50-41(45)33-31-29-26-13-11-9-7-2/h8,10,12,14-24,38-39H,6-7,9,11,13,25-37H2,1-5H3/p+1/b10-8+,14-12+,16-15+,18-17+,20-19+,22-21+,24-23+. The van der Waals surface area contributed by atoms with Crippen LogP contribution >= 0.6 is 0 Å². The Bertz CT molecular complexity index is 1090. The van der Waals surface area contributed by atoms with Gasteiger partial charge in [0.25, 0.3) is 0 Å². The maximum absolute atomic E-state index is 12.5. The Morgan fingerprint density at radius 1 is 0.620 bits per heavy atom. The number of nitrogens with zero attached hydrogens (tertiary/aromatic N) is 1. The number of carbonyl (C=O) groups is 3. The number of rotatable bonds is 31. The lowest BCUT2D eigenvalue weighted by Gasteiger charge is -2.31. The molecule has 2 atom stereocenters. The van der Waals surface area contributed by atoms with Gasteiger partial charge in [-0.15, -0.1) is 0 Å². The summed E-state index contributed by atoms with van der Waals surface area (Å²) >= 11 is 0. The van der Waals surface area contributed by atoms with Gasteiger partial charge in [0.1, 0.15) is 6.61 Å². The fourth-order valence-corrected chi connectivity index (χ4v) is 4.84. The molecule has 282 valence electrons. The number of carboxylic acid groups (broad SMARTS) is 1. The van der Waals surface area contributed by atoms with E-state index in [1.807, 2.05) is 94.1 Å². The summed E-state index contributed by atoms with van der Waals surface area (Å²) in [5.74, 6) is -1.55. The van der Waals surface area contributed by atoms with E-state index in [0.717, 1.165) is 51.4 Å². The predicted molar refractivity (Wildman–Crippen MR) is 206 cm³/mol. The number of carboxylic acids is 1. The molecule has 0 aromatic heterocycles. The maximum atomic E-state index is 12.5. The normalized spacial score (nSPS) is 14.0. The third kappa shape index (κ3) is 30.6. The van der Waals surface area contributed by atoms with Crippen molar-refractivity contribution in [3.05, 3.63) is 85.1 Å². The lowest BCUT2D eigenvalue weighted by atomic mass is 10.1. The van der Waals surface area contributed by atoms with Gasteiger partial charge in [0.05, 0.1) is 34.4 Å². The molecular weight excluding hydrogens is 630 g/mol. The number of hydrogen-bond acceptors (Lipinski definition) is 6. The van der Waals surface area contributed by atoms with Crippen molar-refractivity contribution >= 4 is 17.9 Å². The summed E-state index contributed by atoms with van der Waals surface area (Å²) in [7, 11) is 5.48. The zero-order chi connectivity index (χ0) is 37.1. The highest BCUT2D eigenvalue weighted by atomic mass is 16.6. The monoisotopic (exact) mass is 698 g/mol. The van der Waals surface area contributed by atoms with Crippen molar-refractivity contribution in [2.24, 2.45) is 0 Å². The van der Waals surface area contributed by atoms with E-state index in [2.05, 4.69) is 26.0 Å². The summed E-state index contributed by atoms with van der Waals surface area (Å²) in [5.41, 5.74) is 0. The molecule has 0 amide bonds. The number of unbranched alkanes of at least 4 members (excludes halogenated alkanes) is 9. The number of quaternary nitrogens is 1. The Balaban J connectivity index is 4.47. The lowest BCUT2D eigenvalue weighted by Crippen LogP contribution is -2.50. The van der Waals surface area contributed by atoms with Crippen molar-refractivity contribution in [2.45, 2.75) is 122 Å². The van der Waals surface area contributed by atoms with Crippen molar-refractivity contribution in [3.8, 4) is 0 Å². The van der Waals surface area contributed by atoms with Crippen LogP contribution in [0.1, 0.15) is 110 Å². The average Bonchev–Trinajstić information content (AvgIpc) is 3.06. The van der Waals surface area contributed by atoms with Gasteiger partial charge in [-0.25, -0.2) is 4.79 Å². The molecule has 0 rings (SSSR count). The molecule has 0 radical (unpaired) electrons. The van der Waals surface area contributed by atoms with Crippen LogP contribution < -0.4 is 0 Å². The topological polar surface area (TPSA) is 99.1 Å². The van der Waals surface area contributed by atoms with E-state index in [1.54, 1.807) is 0 Å². The van der Waals surface area contributed by atoms with Crippen LogP contribution in [0.2, 0.25) is 0 Å². The first kappa shape index (κ1) is 46.5. The van der Waals surface area contributed by atoms with Gasteiger partial charge in [0.2, 0.25) is 0 Å². The van der Waals surface area contributed by atoms with Crippen LogP contribution in [0.5, 0.6) is 0 Å². The molecule has 0 aliphatic heterocycles. The number of allylic oxidation sites excluding steroid dienone is 14. The van der Waals surface area contributed by atoms with E-state index < -0.39 is 18.1 Å². The molecule has 0 spiro atoms. The van der Waals surface area contributed by atoms with Crippen molar-refractivity contribution in [3.63, 3.8) is 0 Å².